The maximum Gasteiger partial charge on any atom is 0.408 e. The molecule has 1 atom stereocenters. The van der Waals surface area contributed by atoms with Gasteiger partial charge in [0.2, 0.25) is 11.8 Å². The molecule has 1 aromatic rings. The molecular weight excluding hydrogens is 462 g/mol. The summed E-state index contributed by atoms with van der Waals surface area (Å²) in [5.41, 5.74) is 1.67. The highest BCUT2D eigenvalue weighted by Gasteiger charge is 2.33. The van der Waals surface area contributed by atoms with Crippen LogP contribution in [0.4, 0.5) is 4.79 Å². The number of amides is 3. The number of esters is 1. The molecule has 0 bridgehead atoms. The largest absolute Gasteiger partial charge is 0.468 e. The molecule has 0 saturated heterocycles. The monoisotopic (exact) mass is 505 g/mol. The Kier molecular flexibility index (Phi) is 13.0. The fourth-order valence-electron chi connectivity index (χ4n) is 3.86. The number of hydrogen-bond donors (Lipinski definition) is 2. The zero-order valence-electron chi connectivity index (χ0n) is 22.9. The smallest absolute Gasteiger partial charge is 0.408 e. The predicted molar refractivity (Wildman–Crippen MR) is 138 cm³/mol. The summed E-state index contributed by atoms with van der Waals surface area (Å²) in [7, 11) is 1.24. The first-order valence-electron chi connectivity index (χ1n) is 12.6. The highest BCUT2D eigenvalue weighted by atomic mass is 16.6. The van der Waals surface area contributed by atoms with Crippen LogP contribution in [0.5, 0.6) is 0 Å². The van der Waals surface area contributed by atoms with Crippen LogP contribution in [-0.2, 0) is 23.9 Å². The second-order valence-electron chi connectivity index (χ2n) is 9.86. The van der Waals surface area contributed by atoms with Gasteiger partial charge < -0.3 is 25.0 Å². The van der Waals surface area contributed by atoms with Crippen LogP contribution in [0.25, 0.3) is 0 Å². The van der Waals surface area contributed by atoms with Crippen LogP contribution in [0.1, 0.15) is 82.5 Å². The molecule has 9 heteroatoms. The van der Waals surface area contributed by atoms with Crippen LogP contribution in [0, 0.1) is 13.8 Å². The number of carbonyl (C=O) groups is 4. The van der Waals surface area contributed by atoms with Gasteiger partial charge in [-0.05, 0) is 57.7 Å². The molecule has 1 aromatic carbocycles. The van der Waals surface area contributed by atoms with Crippen molar-refractivity contribution in [2.24, 2.45) is 0 Å². The SMILES string of the molecule is CCCCCCCN(C(=O)CNC(=O)OC(C)(C)C)C(C(=O)NCC(=O)OC)c1c(C)cccc1C. The molecule has 0 spiro atoms. The molecule has 9 nitrogen and oxygen atoms in total. The number of methoxy groups -OCH3 is 1. The highest BCUT2D eigenvalue weighted by molar-refractivity contribution is 5.92. The molecule has 0 aliphatic carbocycles. The van der Waals surface area contributed by atoms with Gasteiger partial charge in [-0.15, -0.1) is 0 Å². The van der Waals surface area contributed by atoms with Gasteiger partial charge in [-0.25, -0.2) is 4.79 Å². The van der Waals surface area contributed by atoms with E-state index in [2.05, 4.69) is 22.3 Å². The third-order valence-corrected chi connectivity index (χ3v) is 5.62. The van der Waals surface area contributed by atoms with Crippen LogP contribution < -0.4 is 10.6 Å². The topological polar surface area (TPSA) is 114 Å². The Bertz CT molecular complexity index is 874. The minimum atomic E-state index is -0.977. The Morgan fingerprint density at radius 2 is 1.56 bits per heavy atom. The van der Waals surface area contributed by atoms with E-state index >= 15 is 0 Å². The van der Waals surface area contributed by atoms with Crippen molar-refractivity contribution in [3.63, 3.8) is 0 Å². The first kappa shape index (κ1) is 30.9. The van der Waals surface area contributed by atoms with Crippen LogP contribution >= 0.6 is 0 Å². The quantitative estimate of drug-likeness (QED) is 0.310. The van der Waals surface area contributed by atoms with Crippen LogP contribution in [-0.4, -0.2) is 61.1 Å². The number of carbonyl (C=O) groups excluding carboxylic acids is 4. The van der Waals surface area contributed by atoms with E-state index in [1.807, 2.05) is 32.0 Å². The number of nitrogens with zero attached hydrogens (tertiary/aromatic N) is 1. The fraction of sp³-hybridized carbons (Fsp3) is 0.630. The third kappa shape index (κ3) is 10.7. The normalized spacial score (nSPS) is 11.9. The van der Waals surface area contributed by atoms with Crippen molar-refractivity contribution in [3.05, 3.63) is 34.9 Å². The zero-order chi connectivity index (χ0) is 27.3. The fourth-order valence-corrected chi connectivity index (χ4v) is 3.86. The summed E-state index contributed by atoms with van der Waals surface area (Å²) in [6, 6.07) is 4.67. The highest BCUT2D eigenvalue weighted by Crippen LogP contribution is 2.28. The standard InChI is InChI=1S/C27H43N3O6/c1-8-9-10-11-12-16-30(21(31)17-29-26(34)36-27(4,5)6)24(25(33)28-18-22(32)35-7)23-19(2)14-13-15-20(23)3/h13-15,24H,8-12,16-18H2,1-7H3,(H,28,33)(H,29,34). The van der Waals surface area contributed by atoms with Crippen LogP contribution in [0.2, 0.25) is 0 Å². The summed E-state index contributed by atoms with van der Waals surface area (Å²) in [6.07, 6.45) is 4.09. The molecule has 0 radical (unpaired) electrons. The second-order valence-corrected chi connectivity index (χ2v) is 9.86. The van der Waals surface area contributed by atoms with E-state index in [9.17, 15) is 19.2 Å². The average Bonchev–Trinajstić information content (AvgIpc) is 2.80. The Morgan fingerprint density at radius 3 is 2.11 bits per heavy atom. The second kappa shape index (κ2) is 15.1. The van der Waals surface area contributed by atoms with Crippen molar-refractivity contribution < 1.29 is 28.7 Å². The minimum Gasteiger partial charge on any atom is -0.468 e. The Balaban J connectivity index is 3.29. The summed E-state index contributed by atoms with van der Waals surface area (Å²) in [6.45, 7) is 10.8. The zero-order valence-corrected chi connectivity index (χ0v) is 22.9. The molecule has 0 heterocycles. The van der Waals surface area contributed by atoms with Gasteiger partial charge in [0.25, 0.3) is 0 Å². The molecule has 36 heavy (non-hydrogen) atoms. The molecule has 0 aliphatic rings. The maximum atomic E-state index is 13.5. The number of nitrogens with one attached hydrogen (secondary N) is 2. The van der Waals surface area contributed by atoms with Crippen molar-refractivity contribution in [1.29, 1.82) is 0 Å². The van der Waals surface area contributed by atoms with E-state index < -0.39 is 35.5 Å². The number of aryl methyl sites for hydroxylation is 2. The Hall–Kier alpha value is -3.10. The summed E-state index contributed by atoms with van der Waals surface area (Å²) in [5.74, 6) is -1.50. The van der Waals surface area contributed by atoms with E-state index in [4.69, 9.17) is 4.74 Å². The molecule has 1 rings (SSSR count). The molecule has 1 unspecified atom stereocenters. The van der Waals surface area contributed by atoms with E-state index in [-0.39, 0.29) is 13.1 Å². The van der Waals surface area contributed by atoms with Gasteiger partial charge in [0.15, 0.2) is 0 Å². The molecule has 0 aromatic heterocycles. The maximum absolute atomic E-state index is 13.5. The van der Waals surface area contributed by atoms with Gasteiger partial charge in [0.1, 0.15) is 24.7 Å². The molecule has 2 N–H and O–H groups in total. The lowest BCUT2D eigenvalue weighted by Gasteiger charge is -2.33. The summed E-state index contributed by atoms with van der Waals surface area (Å²) >= 11 is 0. The van der Waals surface area contributed by atoms with E-state index in [1.165, 1.54) is 12.0 Å². The van der Waals surface area contributed by atoms with Gasteiger partial charge in [-0.3, -0.25) is 14.4 Å². The molecular formula is C27H43N3O6. The molecule has 0 fully saturated rings. The van der Waals surface area contributed by atoms with Crippen molar-refractivity contribution >= 4 is 23.9 Å². The van der Waals surface area contributed by atoms with Crippen LogP contribution in [0.15, 0.2) is 18.2 Å². The summed E-state index contributed by atoms with van der Waals surface area (Å²) in [5, 5.41) is 5.11. The first-order valence-corrected chi connectivity index (χ1v) is 12.6. The number of rotatable bonds is 13. The summed E-state index contributed by atoms with van der Waals surface area (Å²) < 4.78 is 9.90. The molecule has 0 saturated carbocycles. The minimum absolute atomic E-state index is 0.314. The van der Waals surface area contributed by atoms with Crippen LogP contribution in [0.3, 0.4) is 0 Å². The average molecular weight is 506 g/mol. The van der Waals surface area contributed by atoms with Gasteiger partial charge >= 0.3 is 12.1 Å². The van der Waals surface area contributed by atoms with E-state index in [0.29, 0.717) is 18.5 Å². The number of unbranched alkanes of at least 4 members (excludes halogenated alkanes) is 4. The summed E-state index contributed by atoms with van der Waals surface area (Å²) in [4.78, 5) is 52.3. The van der Waals surface area contributed by atoms with E-state index in [1.54, 1.807) is 20.8 Å². The predicted octanol–water partition coefficient (Wildman–Crippen LogP) is 3.96. The number of ether oxygens (including phenoxy) is 2. The number of hydrogen-bond acceptors (Lipinski definition) is 6. The van der Waals surface area contributed by atoms with Crippen molar-refractivity contribution in [3.8, 4) is 0 Å². The molecule has 0 aliphatic heterocycles. The van der Waals surface area contributed by atoms with Gasteiger partial charge in [-0.1, -0.05) is 50.8 Å². The Morgan fingerprint density at radius 1 is 0.944 bits per heavy atom. The Labute approximate surface area is 215 Å². The van der Waals surface area contributed by atoms with Gasteiger partial charge in [-0.2, -0.15) is 0 Å². The van der Waals surface area contributed by atoms with Gasteiger partial charge in [0, 0.05) is 6.54 Å². The van der Waals surface area contributed by atoms with Crippen molar-refractivity contribution in [2.75, 3.05) is 26.7 Å². The lowest BCUT2D eigenvalue weighted by molar-refractivity contribution is -0.143. The molecule has 3 amide bonds. The molecule has 202 valence electrons. The number of benzene rings is 1. The lowest BCUT2D eigenvalue weighted by atomic mass is 9.93. The van der Waals surface area contributed by atoms with E-state index in [0.717, 1.165) is 36.8 Å². The van der Waals surface area contributed by atoms with Crippen molar-refractivity contribution in [2.45, 2.75) is 85.3 Å². The first-order chi connectivity index (χ1) is 16.9. The van der Waals surface area contributed by atoms with Gasteiger partial charge in [0.05, 0.1) is 7.11 Å². The lowest BCUT2D eigenvalue weighted by Crippen LogP contribution is -2.49. The third-order valence-electron chi connectivity index (χ3n) is 5.62. The van der Waals surface area contributed by atoms with Crippen molar-refractivity contribution in [1.82, 2.24) is 15.5 Å². The number of alkyl carbamates (subject to hydrolysis) is 1.